The average Bonchev–Trinajstić information content (AvgIpc) is 2.08. The highest BCUT2D eigenvalue weighted by molar-refractivity contribution is 5.66. The number of amides is 1. The van der Waals surface area contributed by atoms with E-state index in [1.54, 1.807) is 26.8 Å². The molecule has 0 aromatic carbocycles. The summed E-state index contributed by atoms with van der Waals surface area (Å²) in [5.41, 5.74) is 4.33. The third kappa shape index (κ3) is 9.06. The first-order valence-corrected chi connectivity index (χ1v) is 4.84. The van der Waals surface area contributed by atoms with Gasteiger partial charge in [0.2, 0.25) is 0 Å². The predicted octanol–water partition coefficient (Wildman–Crippen LogP) is 2.56. The Kier molecular flexibility index (Phi) is 5.75. The van der Waals surface area contributed by atoms with E-state index in [1.165, 1.54) is 0 Å². The summed E-state index contributed by atoms with van der Waals surface area (Å²) in [5.74, 6) is 0. The predicted molar refractivity (Wildman–Crippen MR) is 58.2 cm³/mol. The van der Waals surface area contributed by atoms with Crippen molar-refractivity contribution >= 4 is 6.09 Å². The van der Waals surface area contributed by atoms with Crippen LogP contribution < -0.4 is 5.48 Å². The number of nitrogens with one attached hydrogen (secondary N) is 1. The van der Waals surface area contributed by atoms with Gasteiger partial charge in [0.25, 0.3) is 0 Å². The van der Waals surface area contributed by atoms with Crippen LogP contribution in [0, 0.1) is 0 Å². The van der Waals surface area contributed by atoms with Gasteiger partial charge < -0.3 is 4.74 Å². The van der Waals surface area contributed by atoms with Gasteiger partial charge in [-0.1, -0.05) is 6.58 Å². The van der Waals surface area contributed by atoms with Crippen molar-refractivity contribution in [3.05, 3.63) is 18.4 Å². The van der Waals surface area contributed by atoms with Gasteiger partial charge in [0, 0.05) is 6.42 Å². The Balaban J connectivity index is 3.76. The molecule has 1 N–H and O–H groups in total. The molecule has 0 fully saturated rings. The average molecular weight is 213 g/mol. The summed E-state index contributed by atoms with van der Waals surface area (Å²) >= 11 is 0. The molecule has 0 spiro atoms. The molecule has 0 aromatic rings. The molecule has 0 aromatic heterocycles. The maximum absolute atomic E-state index is 11.1. The molecular weight excluding hydrogens is 194 g/mol. The molecule has 0 aliphatic heterocycles. The number of hydroxylamine groups is 1. The third-order valence-corrected chi connectivity index (χ3v) is 1.34. The Hall–Kier alpha value is -1.25. The van der Waals surface area contributed by atoms with E-state index < -0.39 is 11.7 Å². The number of ether oxygens (including phenoxy) is 1. The van der Waals surface area contributed by atoms with Crippen molar-refractivity contribution in [1.82, 2.24) is 5.48 Å². The SMILES string of the molecule is C=C=CCC(C)ONC(=O)OC(C)(C)C. The summed E-state index contributed by atoms with van der Waals surface area (Å²) in [6.07, 6.45) is 1.66. The second kappa shape index (κ2) is 6.27. The molecule has 4 nitrogen and oxygen atoms in total. The Morgan fingerprint density at radius 3 is 2.67 bits per heavy atom. The first-order valence-electron chi connectivity index (χ1n) is 4.84. The van der Waals surface area contributed by atoms with Crippen molar-refractivity contribution in [3.8, 4) is 0 Å². The van der Waals surface area contributed by atoms with Gasteiger partial charge in [-0.2, -0.15) is 5.48 Å². The highest BCUT2D eigenvalue weighted by Gasteiger charge is 2.16. The van der Waals surface area contributed by atoms with E-state index in [4.69, 9.17) is 9.57 Å². The lowest BCUT2D eigenvalue weighted by Crippen LogP contribution is -2.34. The molecule has 0 aliphatic carbocycles. The molecule has 15 heavy (non-hydrogen) atoms. The zero-order valence-corrected chi connectivity index (χ0v) is 9.79. The van der Waals surface area contributed by atoms with Crippen LogP contribution in [0.1, 0.15) is 34.1 Å². The number of carbonyl (C=O) groups is 1. The molecule has 1 atom stereocenters. The molecule has 0 rings (SSSR count). The smallest absolute Gasteiger partial charge is 0.431 e. The van der Waals surface area contributed by atoms with Crippen LogP contribution in [0.2, 0.25) is 0 Å². The molecule has 0 bridgehead atoms. The highest BCUT2D eigenvalue weighted by Crippen LogP contribution is 2.06. The summed E-state index contributed by atoms with van der Waals surface area (Å²) in [4.78, 5) is 16.2. The second-order valence-electron chi connectivity index (χ2n) is 4.18. The first-order chi connectivity index (χ1) is 6.85. The number of carbonyl (C=O) groups excluding carboxylic acids is 1. The van der Waals surface area contributed by atoms with E-state index in [0.29, 0.717) is 6.42 Å². The van der Waals surface area contributed by atoms with E-state index in [9.17, 15) is 4.79 Å². The van der Waals surface area contributed by atoms with Crippen molar-refractivity contribution in [3.63, 3.8) is 0 Å². The molecular formula is C11H19NO3. The largest absolute Gasteiger partial charge is 0.442 e. The van der Waals surface area contributed by atoms with Crippen molar-refractivity contribution in [2.75, 3.05) is 0 Å². The van der Waals surface area contributed by atoms with Gasteiger partial charge in [0.05, 0.1) is 6.10 Å². The minimum Gasteiger partial charge on any atom is -0.442 e. The standard InChI is InChI=1S/C11H19NO3/c1-6-7-8-9(2)15-12-10(13)14-11(3,4)5/h7,9H,1,8H2,2-5H3,(H,12,13). The van der Waals surface area contributed by atoms with E-state index in [-0.39, 0.29) is 6.10 Å². The van der Waals surface area contributed by atoms with E-state index in [0.717, 1.165) is 0 Å². The Bertz CT molecular complexity index is 249. The van der Waals surface area contributed by atoms with E-state index in [2.05, 4.69) is 17.8 Å². The van der Waals surface area contributed by atoms with E-state index in [1.807, 2.05) is 6.92 Å². The fraction of sp³-hybridized carbons (Fsp3) is 0.636. The molecule has 1 amide bonds. The number of hydrogen-bond acceptors (Lipinski definition) is 3. The maximum Gasteiger partial charge on any atom is 0.431 e. The quantitative estimate of drug-likeness (QED) is 0.576. The molecule has 0 aliphatic rings. The lowest BCUT2D eigenvalue weighted by Gasteiger charge is -2.20. The van der Waals surface area contributed by atoms with Gasteiger partial charge in [-0.25, -0.2) is 4.79 Å². The van der Waals surface area contributed by atoms with Crippen molar-refractivity contribution in [2.24, 2.45) is 0 Å². The summed E-state index contributed by atoms with van der Waals surface area (Å²) in [5, 5.41) is 0. The lowest BCUT2D eigenvalue weighted by atomic mass is 10.2. The van der Waals surface area contributed by atoms with Crippen LogP contribution in [-0.2, 0) is 9.57 Å². The van der Waals surface area contributed by atoms with E-state index >= 15 is 0 Å². The Morgan fingerprint density at radius 2 is 2.20 bits per heavy atom. The van der Waals surface area contributed by atoms with Crippen LogP contribution in [0.5, 0.6) is 0 Å². The molecule has 0 saturated carbocycles. The molecule has 4 heteroatoms. The van der Waals surface area contributed by atoms with Crippen molar-refractivity contribution in [2.45, 2.75) is 45.8 Å². The Morgan fingerprint density at radius 1 is 1.60 bits per heavy atom. The summed E-state index contributed by atoms with van der Waals surface area (Å²) < 4.78 is 4.98. The van der Waals surface area contributed by atoms with Crippen LogP contribution in [-0.4, -0.2) is 17.8 Å². The van der Waals surface area contributed by atoms with Crippen molar-refractivity contribution < 1.29 is 14.4 Å². The fourth-order valence-corrected chi connectivity index (χ4v) is 0.745. The summed E-state index contributed by atoms with van der Waals surface area (Å²) in [7, 11) is 0. The zero-order chi connectivity index (χ0) is 11.9. The zero-order valence-electron chi connectivity index (χ0n) is 9.79. The fourth-order valence-electron chi connectivity index (χ4n) is 0.745. The van der Waals surface area contributed by atoms with Crippen molar-refractivity contribution in [1.29, 1.82) is 0 Å². The molecule has 0 saturated heterocycles. The van der Waals surface area contributed by atoms with Gasteiger partial charge in [-0.15, -0.1) is 5.73 Å². The molecule has 0 heterocycles. The highest BCUT2D eigenvalue weighted by atomic mass is 16.7. The topological polar surface area (TPSA) is 47.6 Å². The third-order valence-electron chi connectivity index (χ3n) is 1.34. The van der Waals surface area contributed by atoms with Crippen LogP contribution in [0.15, 0.2) is 18.4 Å². The Labute approximate surface area is 90.9 Å². The summed E-state index contributed by atoms with van der Waals surface area (Å²) in [6, 6.07) is 0. The normalized spacial score (nSPS) is 12.5. The summed E-state index contributed by atoms with van der Waals surface area (Å²) in [6.45, 7) is 10.6. The van der Waals surface area contributed by atoms with Crippen LogP contribution in [0.25, 0.3) is 0 Å². The van der Waals surface area contributed by atoms with Crippen LogP contribution in [0.4, 0.5) is 4.79 Å². The van der Waals surface area contributed by atoms with Crippen LogP contribution in [0.3, 0.4) is 0 Å². The van der Waals surface area contributed by atoms with Gasteiger partial charge in [0.1, 0.15) is 5.60 Å². The first kappa shape index (κ1) is 13.8. The van der Waals surface area contributed by atoms with Gasteiger partial charge >= 0.3 is 6.09 Å². The minimum atomic E-state index is -0.586. The molecule has 1 unspecified atom stereocenters. The molecule has 86 valence electrons. The minimum absolute atomic E-state index is 0.133. The van der Waals surface area contributed by atoms with Gasteiger partial charge in [-0.05, 0) is 33.8 Å². The number of rotatable bonds is 4. The lowest BCUT2D eigenvalue weighted by molar-refractivity contribution is -0.0350. The second-order valence-corrected chi connectivity index (χ2v) is 4.18. The van der Waals surface area contributed by atoms with Gasteiger partial charge in [0.15, 0.2) is 0 Å². The molecule has 0 radical (unpaired) electrons. The maximum atomic E-state index is 11.1. The monoisotopic (exact) mass is 213 g/mol. The number of hydrogen-bond donors (Lipinski definition) is 1. The van der Waals surface area contributed by atoms with Gasteiger partial charge in [-0.3, -0.25) is 4.84 Å². The van der Waals surface area contributed by atoms with Crippen LogP contribution >= 0.6 is 0 Å².